The summed E-state index contributed by atoms with van der Waals surface area (Å²) in [6.07, 6.45) is -0.236. The summed E-state index contributed by atoms with van der Waals surface area (Å²) in [5.74, 6) is 2.08. The average molecular weight is 516 g/mol. The normalized spacial score (nSPS) is 19.6. The minimum Gasteiger partial charge on any atom is -0.458 e. The average Bonchev–Trinajstić information content (AvgIpc) is 3.29. The Labute approximate surface area is 207 Å². The second-order valence-electron chi connectivity index (χ2n) is 8.74. The predicted molar refractivity (Wildman–Crippen MR) is 132 cm³/mol. The van der Waals surface area contributed by atoms with Gasteiger partial charge in [-0.25, -0.2) is 9.59 Å². The van der Waals surface area contributed by atoms with Gasteiger partial charge in [0.25, 0.3) is 0 Å². The Hall–Kier alpha value is -1.62. The van der Waals surface area contributed by atoms with Crippen LogP contribution in [0.5, 0.6) is 5.75 Å². The molecule has 2 aliphatic heterocycles. The van der Waals surface area contributed by atoms with Crippen molar-refractivity contribution in [3.05, 3.63) is 28.8 Å². The fraction of sp³-hybridized carbons (Fsp3) is 0.591. The van der Waals surface area contributed by atoms with E-state index in [9.17, 15) is 14.4 Å². The van der Waals surface area contributed by atoms with Gasteiger partial charge in [-0.3, -0.25) is 10.1 Å². The van der Waals surface area contributed by atoms with E-state index < -0.39 is 29.1 Å². The van der Waals surface area contributed by atoms with Gasteiger partial charge in [0.15, 0.2) is 5.75 Å². The molecule has 0 saturated carbocycles. The molecule has 3 rings (SSSR count). The molecule has 2 N–H and O–H groups in total. The second kappa shape index (κ2) is 11.7. The van der Waals surface area contributed by atoms with Crippen molar-refractivity contribution < 1.29 is 23.9 Å². The van der Waals surface area contributed by atoms with Crippen molar-refractivity contribution in [3.63, 3.8) is 0 Å². The van der Waals surface area contributed by atoms with Crippen LogP contribution in [0, 0.1) is 0 Å². The van der Waals surface area contributed by atoms with Gasteiger partial charge in [-0.05, 0) is 38.5 Å². The van der Waals surface area contributed by atoms with Crippen LogP contribution in [0.4, 0.5) is 4.79 Å². The molecule has 2 fully saturated rings. The first-order valence-corrected chi connectivity index (χ1v) is 13.4. The topological polar surface area (TPSA) is 97.0 Å². The van der Waals surface area contributed by atoms with Gasteiger partial charge in [0.1, 0.15) is 17.0 Å². The van der Waals surface area contributed by atoms with Crippen LogP contribution in [0.2, 0.25) is 5.02 Å². The van der Waals surface area contributed by atoms with E-state index in [0.29, 0.717) is 18.7 Å². The zero-order chi connectivity index (χ0) is 24.0. The number of halogens is 1. The SMILES string of the molecule is CC(C)(C)OC(=O)[C@H](Cc1ccc(OC(=O)N2CCSCC2)c(Cl)c1)NC(=O)[C@H]1NCCS1. The lowest BCUT2D eigenvalue weighted by atomic mass is 10.0. The fourth-order valence-corrected chi connectivity index (χ4v) is 5.37. The number of nitrogens with zero attached hydrogens (tertiary/aromatic N) is 1. The van der Waals surface area contributed by atoms with E-state index in [1.807, 2.05) is 0 Å². The first-order valence-electron chi connectivity index (χ1n) is 10.8. The molecule has 2 saturated heterocycles. The number of carbonyl (C=O) groups excluding carboxylic acids is 3. The van der Waals surface area contributed by atoms with Gasteiger partial charge in [-0.15, -0.1) is 11.8 Å². The maximum atomic E-state index is 12.8. The number of carbonyl (C=O) groups is 3. The summed E-state index contributed by atoms with van der Waals surface area (Å²) in [5.41, 5.74) is 0.0145. The zero-order valence-corrected chi connectivity index (χ0v) is 21.4. The number of amides is 2. The van der Waals surface area contributed by atoms with Crippen molar-refractivity contribution >= 4 is 53.1 Å². The zero-order valence-electron chi connectivity index (χ0n) is 19.0. The highest BCUT2D eigenvalue weighted by Crippen LogP contribution is 2.27. The van der Waals surface area contributed by atoms with Gasteiger partial charge in [-0.1, -0.05) is 17.7 Å². The summed E-state index contributed by atoms with van der Waals surface area (Å²) in [7, 11) is 0. The van der Waals surface area contributed by atoms with Crippen LogP contribution < -0.4 is 15.4 Å². The molecule has 8 nitrogen and oxygen atoms in total. The third kappa shape index (κ3) is 7.98. The number of nitrogens with one attached hydrogen (secondary N) is 2. The molecule has 2 heterocycles. The molecule has 2 aliphatic rings. The standard InChI is InChI=1S/C22H30ClN3O5S2/c1-22(2,3)31-20(28)16(25-18(27)19-24-6-9-33-19)13-14-4-5-17(15(23)12-14)30-21(29)26-7-10-32-11-8-26/h4-5,12,16,19,24H,6-11,13H2,1-3H3,(H,25,27)/t16-,19-/m0/s1. The lowest BCUT2D eigenvalue weighted by Crippen LogP contribution is -2.50. The highest BCUT2D eigenvalue weighted by atomic mass is 35.5. The third-order valence-corrected chi connectivity index (χ3v) is 7.26. The molecule has 33 heavy (non-hydrogen) atoms. The van der Waals surface area contributed by atoms with E-state index in [2.05, 4.69) is 10.6 Å². The van der Waals surface area contributed by atoms with Crippen molar-refractivity contribution in [1.82, 2.24) is 15.5 Å². The molecule has 0 radical (unpaired) electrons. The minimum absolute atomic E-state index is 0.190. The van der Waals surface area contributed by atoms with E-state index in [1.165, 1.54) is 11.8 Å². The predicted octanol–water partition coefficient (Wildman–Crippen LogP) is 2.92. The van der Waals surface area contributed by atoms with Crippen LogP contribution in [0.3, 0.4) is 0 Å². The van der Waals surface area contributed by atoms with Crippen LogP contribution in [-0.2, 0) is 20.7 Å². The molecule has 1 aromatic carbocycles. The quantitative estimate of drug-likeness (QED) is 0.558. The molecule has 0 aromatic heterocycles. The highest BCUT2D eigenvalue weighted by molar-refractivity contribution is 8.00. The lowest BCUT2D eigenvalue weighted by Gasteiger charge is -2.26. The number of hydrogen-bond donors (Lipinski definition) is 2. The second-order valence-corrected chi connectivity index (χ2v) is 11.6. The highest BCUT2D eigenvalue weighted by Gasteiger charge is 2.31. The monoisotopic (exact) mass is 515 g/mol. The molecular weight excluding hydrogens is 486 g/mol. The molecule has 0 bridgehead atoms. The Bertz CT molecular complexity index is 868. The number of rotatable bonds is 6. The van der Waals surface area contributed by atoms with E-state index in [1.54, 1.807) is 55.6 Å². The van der Waals surface area contributed by atoms with E-state index in [0.717, 1.165) is 23.8 Å². The Morgan fingerprint density at radius 2 is 1.97 bits per heavy atom. The van der Waals surface area contributed by atoms with E-state index in [4.69, 9.17) is 21.1 Å². The minimum atomic E-state index is -0.880. The summed E-state index contributed by atoms with van der Waals surface area (Å²) >= 11 is 9.67. The molecule has 2 atom stereocenters. The Morgan fingerprint density at radius 3 is 2.58 bits per heavy atom. The number of esters is 1. The molecule has 2 amide bonds. The van der Waals surface area contributed by atoms with E-state index >= 15 is 0 Å². The number of benzene rings is 1. The Morgan fingerprint density at radius 1 is 1.24 bits per heavy atom. The number of thioether (sulfide) groups is 2. The number of hydrogen-bond acceptors (Lipinski definition) is 8. The van der Waals surface area contributed by atoms with Gasteiger partial charge in [0.2, 0.25) is 5.91 Å². The fourth-order valence-electron chi connectivity index (χ4n) is 3.30. The third-order valence-electron chi connectivity index (χ3n) is 4.86. The molecule has 11 heteroatoms. The summed E-state index contributed by atoms with van der Waals surface area (Å²) in [6.45, 7) is 7.36. The van der Waals surface area contributed by atoms with Crippen molar-refractivity contribution in [3.8, 4) is 5.75 Å². The first kappa shape index (κ1) is 26.0. The molecule has 0 unspecified atom stereocenters. The lowest BCUT2D eigenvalue weighted by molar-refractivity contribution is -0.158. The van der Waals surface area contributed by atoms with Crippen molar-refractivity contribution in [2.24, 2.45) is 0 Å². The maximum Gasteiger partial charge on any atom is 0.415 e. The molecule has 0 spiro atoms. The maximum absolute atomic E-state index is 12.8. The van der Waals surface area contributed by atoms with Crippen molar-refractivity contribution in [1.29, 1.82) is 0 Å². The van der Waals surface area contributed by atoms with Crippen LogP contribution in [0.25, 0.3) is 0 Å². The summed E-state index contributed by atoms with van der Waals surface area (Å²) in [4.78, 5) is 39.5. The van der Waals surface area contributed by atoms with Gasteiger partial charge in [0.05, 0.1) is 5.02 Å². The molecule has 182 valence electrons. The summed E-state index contributed by atoms with van der Waals surface area (Å²) in [5, 5.41) is 5.77. The summed E-state index contributed by atoms with van der Waals surface area (Å²) in [6, 6.07) is 4.10. The van der Waals surface area contributed by atoms with Crippen molar-refractivity contribution in [2.45, 2.75) is 44.2 Å². The van der Waals surface area contributed by atoms with Gasteiger partial charge >= 0.3 is 12.1 Å². The first-order chi connectivity index (χ1) is 15.6. The largest absolute Gasteiger partial charge is 0.458 e. The Balaban J connectivity index is 1.68. The Kier molecular flexibility index (Phi) is 9.20. The van der Waals surface area contributed by atoms with Gasteiger partial charge in [0, 0.05) is 43.3 Å². The smallest absolute Gasteiger partial charge is 0.415 e. The summed E-state index contributed by atoms with van der Waals surface area (Å²) < 4.78 is 11.0. The van der Waals surface area contributed by atoms with Gasteiger partial charge in [-0.2, -0.15) is 11.8 Å². The molecular formula is C22H30ClN3O5S2. The van der Waals surface area contributed by atoms with Crippen LogP contribution in [0.15, 0.2) is 18.2 Å². The van der Waals surface area contributed by atoms with Crippen LogP contribution in [0.1, 0.15) is 26.3 Å². The number of ether oxygens (including phenoxy) is 2. The van der Waals surface area contributed by atoms with Gasteiger partial charge < -0.3 is 19.7 Å². The molecule has 0 aliphatic carbocycles. The van der Waals surface area contributed by atoms with E-state index in [-0.39, 0.29) is 23.1 Å². The van der Waals surface area contributed by atoms with Crippen LogP contribution >= 0.6 is 35.1 Å². The van der Waals surface area contributed by atoms with Crippen LogP contribution in [-0.4, -0.2) is 76.8 Å². The molecule has 1 aromatic rings. The van der Waals surface area contributed by atoms with Crippen molar-refractivity contribution in [2.75, 3.05) is 36.9 Å².